The molecule has 1 aromatic carbocycles. The highest BCUT2D eigenvalue weighted by Gasteiger charge is 2.39. The van der Waals surface area contributed by atoms with Crippen LogP contribution in [0.2, 0.25) is 0 Å². The number of carboxylic acids is 1. The van der Waals surface area contributed by atoms with Crippen LogP contribution in [-0.2, 0) is 44.7 Å². The van der Waals surface area contributed by atoms with Crippen LogP contribution in [0.5, 0.6) is 5.75 Å². The van der Waals surface area contributed by atoms with E-state index >= 15 is 0 Å². The molecule has 60 heavy (non-hydrogen) atoms. The van der Waals surface area contributed by atoms with Gasteiger partial charge in [0.05, 0.1) is 25.4 Å². The third-order valence-corrected chi connectivity index (χ3v) is 10.6. The van der Waals surface area contributed by atoms with Gasteiger partial charge in [-0.25, -0.2) is 4.79 Å². The van der Waals surface area contributed by atoms with Crippen molar-refractivity contribution in [2.45, 2.75) is 162 Å². The van der Waals surface area contributed by atoms with Gasteiger partial charge in [0.2, 0.25) is 29.5 Å². The smallest absolute Gasteiger partial charge is 0.326 e. The molecule has 2 rings (SSSR count). The van der Waals surface area contributed by atoms with E-state index in [1.54, 1.807) is 45.0 Å². The summed E-state index contributed by atoms with van der Waals surface area (Å²) in [6.07, 6.45) is -0.189. The van der Waals surface area contributed by atoms with E-state index in [2.05, 4.69) is 21.3 Å². The standard InChI is InChI=1S/C43H72N6O11/c1-12-25(5)34(39(53)48-36(27(7)50)40(54)45-31(42(56)57)22-24(3)4)46-38(52)32(23-28-14-16-29(17-15-28)60-43(8,9)10)49(11)41(55)35(26(6)13-2)47-37(51)30(44)18-19-33-58-20-21-59-33/h14-17,24-27,30-36,50H,12-13,18-23,44H2,1-11H3,(H,45,54)(H,46,52)(H,47,51)(H,48,53)(H,56,57)/t25-,26-,27+,30-,31-,32-,34-,35-,36-/m0/s1. The van der Waals surface area contributed by atoms with Crippen molar-refractivity contribution in [1.82, 2.24) is 26.2 Å². The van der Waals surface area contributed by atoms with E-state index in [4.69, 9.17) is 19.9 Å². The van der Waals surface area contributed by atoms with Crippen LogP contribution in [0.15, 0.2) is 24.3 Å². The van der Waals surface area contributed by atoms with E-state index < -0.39 is 95.7 Å². The Morgan fingerprint density at radius 1 is 0.817 bits per heavy atom. The number of rotatable bonds is 24. The van der Waals surface area contributed by atoms with Gasteiger partial charge in [0.15, 0.2) is 6.29 Å². The van der Waals surface area contributed by atoms with Gasteiger partial charge in [0.1, 0.15) is 41.6 Å². The highest BCUT2D eigenvalue weighted by atomic mass is 16.7. The molecule has 9 atom stereocenters. The Kier molecular flexibility index (Phi) is 20.9. The number of hydrogen-bond donors (Lipinski definition) is 7. The second-order valence-electron chi connectivity index (χ2n) is 17.4. The number of amides is 5. The van der Waals surface area contributed by atoms with E-state index in [9.17, 15) is 39.0 Å². The maximum absolute atomic E-state index is 14.5. The molecular weight excluding hydrogens is 777 g/mol. The second-order valence-corrected chi connectivity index (χ2v) is 17.4. The van der Waals surface area contributed by atoms with Crippen LogP contribution >= 0.6 is 0 Å². The average molecular weight is 849 g/mol. The summed E-state index contributed by atoms with van der Waals surface area (Å²) in [6, 6.07) is -0.196. The number of nitrogens with zero attached hydrogens (tertiary/aromatic N) is 1. The highest BCUT2D eigenvalue weighted by Crippen LogP contribution is 2.22. The quantitative estimate of drug-likeness (QED) is 0.0792. The number of nitrogens with two attached hydrogens (primary N) is 1. The Morgan fingerprint density at radius 2 is 1.33 bits per heavy atom. The van der Waals surface area contributed by atoms with Crippen molar-refractivity contribution in [2.75, 3.05) is 20.3 Å². The van der Waals surface area contributed by atoms with Crippen LogP contribution < -0.4 is 31.7 Å². The molecule has 0 aromatic heterocycles. The molecule has 5 amide bonds. The number of benzene rings is 1. The van der Waals surface area contributed by atoms with Gasteiger partial charge in [-0.3, -0.25) is 24.0 Å². The van der Waals surface area contributed by atoms with Crippen LogP contribution in [-0.4, -0.2) is 125 Å². The molecule has 1 aromatic rings. The molecular formula is C43H72N6O11. The van der Waals surface area contributed by atoms with Crippen molar-refractivity contribution in [3.05, 3.63) is 29.8 Å². The molecule has 0 radical (unpaired) electrons. The SMILES string of the molecule is CC[C@H](C)[C@H](NC(=O)[C@H](Cc1ccc(OC(C)(C)C)cc1)N(C)C(=O)[C@@H](NC(=O)[C@@H](N)CCC1OCCO1)[C@@H](C)CC)C(=O)N[C@H](C(=O)N[C@@H](CC(C)C)C(=O)O)[C@@H](C)O. The lowest BCUT2D eigenvalue weighted by atomic mass is 9.94. The molecule has 0 unspecified atom stereocenters. The molecule has 1 fully saturated rings. The molecule has 1 heterocycles. The minimum Gasteiger partial charge on any atom is -0.488 e. The van der Waals surface area contributed by atoms with Gasteiger partial charge in [0.25, 0.3) is 0 Å². The minimum atomic E-state index is -1.55. The lowest BCUT2D eigenvalue weighted by Gasteiger charge is -2.35. The normalized spacial score (nSPS) is 17.8. The van der Waals surface area contributed by atoms with E-state index in [-0.39, 0.29) is 31.1 Å². The fraction of sp³-hybridized carbons (Fsp3) is 0.721. The molecule has 1 saturated heterocycles. The van der Waals surface area contributed by atoms with Gasteiger partial charge in [-0.2, -0.15) is 0 Å². The van der Waals surface area contributed by atoms with E-state index in [0.29, 0.717) is 43.8 Å². The van der Waals surface area contributed by atoms with Crippen LogP contribution in [0.1, 0.15) is 107 Å². The average Bonchev–Trinajstić information content (AvgIpc) is 3.71. The first-order valence-corrected chi connectivity index (χ1v) is 21.1. The molecule has 0 aliphatic carbocycles. The molecule has 1 aliphatic rings. The van der Waals surface area contributed by atoms with Gasteiger partial charge >= 0.3 is 5.97 Å². The van der Waals surface area contributed by atoms with Crippen LogP contribution in [0.4, 0.5) is 0 Å². The van der Waals surface area contributed by atoms with Gasteiger partial charge < -0.3 is 56.3 Å². The number of aliphatic hydroxyl groups is 1. The fourth-order valence-corrected chi connectivity index (χ4v) is 6.57. The number of carbonyl (C=O) groups is 6. The zero-order valence-electron chi connectivity index (χ0n) is 37.4. The highest BCUT2D eigenvalue weighted by molar-refractivity contribution is 5.96. The monoisotopic (exact) mass is 849 g/mol. The Morgan fingerprint density at radius 3 is 1.83 bits per heavy atom. The summed E-state index contributed by atoms with van der Waals surface area (Å²) in [5, 5.41) is 30.8. The van der Waals surface area contributed by atoms with Crippen LogP contribution in [0.25, 0.3) is 0 Å². The Labute approximate surface area is 355 Å². The van der Waals surface area contributed by atoms with Crippen molar-refractivity contribution < 1.29 is 53.2 Å². The topological polar surface area (TPSA) is 248 Å². The van der Waals surface area contributed by atoms with E-state index in [1.807, 2.05) is 41.5 Å². The zero-order valence-corrected chi connectivity index (χ0v) is 37.4. The number of carbonyl (C=O) groups excluding carboxylic acids is 5. The lowest BCUT2D eigenvalue weighted by molar-refractivity contribution is -0.144. The summed E-state index contributed by atoms with van der Waals surface area (Å²) in [4.78, 5) is 82.8. The second kappa shape index (κ2) is 24.2. The van der Waals surface area contributed by atoms with Gasteiger partial charge in [-0.05, 0) is 76.0 Å². The number of aliphatic hydroxyl groups excluding tert-OH is 1. The largest absolute Gasteiger partial charge is 0.488 e. The number of likely N-dealkylation sites (N-methyl/N-ethyl adjacent to an activating group) is 1. The first kappa shape index (κ1) is 51.8. The lowest BCUT2D eigenvalue weighted by Crippen LogP contribution is -2.62. The van der Waals surface area contributed by atoms with Gasteiger partial charge in [-0.15, -0.1) is 0 Å². The molecule has 0 bridgehead atoms. The van der Waals surface area contributed by atoms with Gasteiger partial charge in [0, 0.05) is 19.9 Å². The van der Waals surface area contributed by atoms with Crippen molar-refractivity contribution in [3.63, 3.8) is 0 Å². The summed E-state index contributed by atoms with van der Waals surface area (Å²) >= 11 is 0. The number of carboxylic acid groups (broad SMARTS) is 1. The molecule has 17 heteroatoms. The number of hydrogen-bond acceptors (Lipinski definition) is 11. The van der Waals surface area contributed by atoms with Crippen LogP contribution in [0, 0.1) is 17.8 Å². The maximum atomic E-state index is 14.5. The summed E-state index contributed by atoms with van der Waals surface area (Å²) in [6.45, 7) is 18.8. The maximum Gasteiger partial charge on any atom is 0.326 e. The van der Waals surface area contributed by atoms with Crippen molar-refractivity contribution in [2.24, 2.45) is 23.5 Å². The zero-order chi connectivity index (χ0) is 45.5. The fourth-order valence-electron chi connectivity index (χ4n) is 6.57. The Balaban J connectivity index is 2.47. The molecule has 1 aliphatic heterocycles. The Hall–Kier alpha value is -4.32. The minimum absolute atomic E-state index is 0.00588. The van der Waals surface area contributed by atoms with Crippen molar-refractivity contribution >= 4 is 35.5 Å². The first-order chi connectivity index (χ1) is 28.0. The number of ether oxygens (including phenoxy) is 3. The van der Waals surface area contributed by atoms with E-state index in [1.165, 1.54) is 18.9 Å². The number of nitrogens with one attached hydrogen (secondary N) is 4. The first-order valence-electron chi connectivity index (χ1n) is 21.1. The molecule has 0 saturated carbocycles. The third-order valence-electron chi connectivity index (χ3n) is 10.6. The van der Waals surface area contributed by atoms with Crippen LogP contribution in [0.3, 0.4) is 0 Å². The summed E-state index contributed by atoms with van der Waals surface area (Å²) in [5.41, 5.74) is 6.46. The molecule has 340 valence electrons. The Bertz CT molecular complexity index is 1560. The summed E-state index contributed by atoms with van der Waals surface area (Å²) < 4.78 is 16.9. The van der Waals surface area contributed by atoms with Gasteiger partial charge in [-0.1, -0.05) is 66.5 Å². The summed E-state index contributed by atoms with van der Waals surface area (Å²) in [7, 11) is 1.46. The molecule has 0 spiro atoms. The van der Waals surface area contributed by atoms with E-state index in [0.717, 1.165) is 0 Å². The summed E-state index contributed by atoms with van der Waals surface area (Å²) in [5.74, 6) is -5.07. The molecule has 8 N–H and O–H groups in total. The predicted octanol–water partition coefficient (Wildman–Crippen LogP) is 2.26. The van der Waals surface area contributed by atoms with Crippen molar-refractivity contribution in [1.29, 1.82) is 0 Å². The molecule has 17 nitrogen and oxygen atoms in total. The number of aliphatic carboxylic acids is 1. The predicted molar refractivity (Wildman–Crippen MR) is 225 cm³/mol. The van der Waals surface area contributed by atoms with Crippen molar-refractivity contribution in [3.8, 4) is 5.75 Å². The third kappa shape index (κ3) is 16.6.